The summed E-state index contributed by atoms with van der Waals surface area (Å²) < 4.78 is 10.9. The lowest BCUT2D eigenvalue weighted by molar-refractivity contribution is -0.660. The van der Waals surface area contributed by atoms with Gasteiger partial charge in [0.1, 0.15) is 7.05 Å². The van der Waals surface area contributed by atoms with E-state index in [-0.39, 0.29) is 0 Å². The molecule has 2 rings (SSSR count). The molecule has 0 fully saturated rings. The summed E-state index contributed by atoms with van der Waals surface area (Å²) in [4.78, 5) is 0. The molecule has 0 saturated carbocycles. The van der Waals surface area contributed by atoms with Gasteiger partial charge in [-0.05, 0) is 49.8 Å². The zero-order chi connectivity index (χ0) is 15.6. The van der Waals surface area contributed by atoms with Gasteiger partial charge in [0.25, 0.3) is 0 Å². The molecular weight excluding hydrogens is 242 g/mol. The third-order valence-electron chi connectivity index (χ3n) is 4.13. The molecule has 0 unspecified atom stereocenters. The van der Waals surface area contributed by atoms with Crippen LogP contribution in [0.15, 0.2) is 36.5 Å². The quantitative estimate of drug-likeness (QED) is 0.708. The van der Waals surface area contributed by atoms with Gasteiger partial charge in [-0.2, -0.15) is 0 Å². The van der Waals surface area contributed by atoms with Gasteiger partial charge < -0.3 is 0 Å². The van der Waals surface area contributed by atoms with Gasteiger partial charge in [-0.25, -0.2) is 4.57 Å². The lowest BCUT2D eigenvalue weighted by Crippen LogP contribution is -2.32. The van der Waals surface area contributed by atoms with Crippen molar-refractivity contribution in [2.45, 2.75) is 46.4 Å². The minimum atomic E-state index is -0.490. The van der Waals surface area contributed by atoms with Crippen LogP contribution in [0, 0.1) is 13.8 Å². The van der Waals surface area contributed by atoms with E-state index in [2.05, 4.69) is 75.8 Å². The predicted molar refractivity (Wildman–Crippen MR) is 85.9 cm³/mol. The highest BCUT2D eigenvalue weighted by Gasteiger charge is 2.18. The Morgan fingerprint density at radius 2 is 1.75 bits per heavy atom. The first kappa shape index (κ1) is 13.4. The highest BCUT2D eigenvalue weighted by molar-refractivity contribution is 5.61. The summed E-state index contributed by atoms with van der Waals surface area (Å²) in [6.45, 7) is 8.47. The van der Waals surface area contributed by atoms with Crippen molar-refractivity contribution < 1.29 is 5.94 Å². The largest absolute Gasteiger partial charge is 0.212 e. The fourth-order valence-corrected chi connectivity index (χ4v) is 2.92. The molecule has 0 bridgehead atoms. The topological polar surface area (TPSA) is 3.88 Å². The maximum atomic E-state index is 8.77. The third-order valence-corrected chi connectivity index (χ3v) is 4.13. The number of aromatic nitrogens is 1. The Labute approximate surface area is 124 Å². The Morgan fingerprint density at radius 3 is 2.35 bits per heavy atom. The van der Waals surface area contributed by atoms with Gasteiger partial charge in [0.05, 0.1) is 0 Å². The van der Waals surface area contributed by atoms with Gasteiger partial charge in [-0.3, -0.25) is 0 Å². The molecule has 1 heterocycles. The Balaban J connectivity index is 2.67. The maximum absolute atomic E-state index is 8.77. The molecular formula is C19H26N+. The van der Waals surface area contributed by atoms with Crippen LogP contribution in [0.4, 0.5) is 0 Å². The Bertz CT molecular complexity index is 642. The Kier molecular flexibility index (Phi) is 4.15. The van der Waals surface area contributed by atoms with E-state index in [1.807, 2.05) is 0 Å². The number of nitrogens with zero attached hydrogens (tertiary/aromatic N) is 1. The van der Waals surface area contributed by atoms with Crippen molar-refractivity contribution in [3.63, 3.8) is 0 Å². The fourth-order valence-electron chi connectivity index (χ4n) is 2.92. The van der Waals surface area contributed by atoms with Gasteiger partial charge >= 0.3 is 0 Å². The molecule has 0 aliphatic carbocycles. The van der Waals surface area contributed by atoms with Gasteiger partial charge in [0, 0.05) is 18.6 Å². The Hall–Kier alpha value is -1.63. The minimum Gasteiger partial charge on any atom is -0.201 e. The van der Waals surface area contributed by atoms with E-state index in [0.717, 1.165) is 18.4 Å². The van der Waals surface area contributed by atoms with Crippen molar-refractivity contribution >= 4 is 0 Å². The van der Waals surface area contributed by atoms with E-state index in [0.29, 0.717) is 0 Å². The number of hydrogen-bond acceptors (Lipinski definition) is 0. The second-order valence-electron chi connectivity index (χ2n) is 5.49. The number of aryl methyl sites for hydroxylation is 3. The molecule has 106 valence electrons. The van der Waals surface area contributed by atoms with E-state index in [4.69, 9.17) is 1.37 Å². The van der Waals surface area contributed by atoms with Crippen molar-refractivity contribution in [3.05, 3.63) is 53.2 Å². The number of benzene rings is 1. The average molecular weight is 269 g/mol. The van der Waals surface area contributed by atoms with Gasteiger partial charge in [0.15, 0.2) is 6.20 Å². The molecule has 1 heteroatoms. The van der Waals surface area contributed by atoms with Gasteiger partial charge in [-0.15, -0.1) is 0 Å². The van der Waals surface area contributed by atoms with Crippen LogP contribution in [0.3, 0.4) is 0 Å². The average Bonchev–Trinajstić information content (AvgIpc) is 2.48. The second-order valence-corrected chi connectivity index (χ2v) is 5.49. The number of pyridine rings is 1. The smallest absolute Gasteiger partial charge is 0.201 e. The third kappa shape index (κ3) is 2.77. The molecule has 1 aromatic heterocycles. The highest BCUT2D eigenvalue weighted by atomic mass is 14.9. The molecule has 0 spiro atoms. The lowest BCUT2D eigenvalue weighted by Gasteiger charge is -2.16. The summed E-state index contributed by atoms with van der Waals surface area (Å²) in [6, 6.07) is 10.7. The molecule has 2 aromatic rings. The number of rotatable bonds is 4. The van der Waals surface area contributed by atoms with Gasteiger partial charge in [-0.1, -0.05) is 32.0 Å². The molecule has 0 radical (unpaired) electrons. The molecule has 1 nitrogen and oxygen atoms in total. The summed E-state index contributed by atoms with van der Waals surface area (Å²) in [5, 5.41) is 0. The van der Waals surface area contributed by atoms with E-state index in [9.17, 15) is 0 Å². The van der Waals surface area contributed by atoms with E-state index in [1.54, 1.807) is 0 Å². The zero-order valence-electron chi connectivity index (χ0n) is 14.3. The van der Waals surface area contributed by atoms with E-state index < -0.39 is 5.89 Å². The minimum absolute atomic E-state index is 0.490. The number of hydrogen-bond donors (Lipinski definition) is 0. The van der Waals surface area contributed by atoms with Crippen molar-refractivity contribution in [1.82, 2.24) is 0 Å². The summed E-state index contributed by atoms with van der Waals surface area (Å²) in [5.41, 5.74) is 6.06. The van der Waals surface area contributed by atoms with Crippen LogP contribution in [-0.2, 0) is 7.05 Å². The molecule has 20 heavy (non-hydrogen) atoms. The van der Waals surface area contributed by atoms with Crippen LogP contribution < -0.4 is 4.57 Å². The van der Waals surface area contributed by atoms with Crippen LogP contribution in [0.2, 0.25) is 0 Å². The summed E-state index contributed by atoms with van der Waals surface area (Å²) in [7, 11) is 2.09. The monoisotopic (exact) mass is 269 g/mol. The molecule has 0 aliphatic rings. The SMILES string of the molecule is [2H]C(CC)(CC)c1cc(-c2ccccc2C)[n+](C)cc1C. The molecule has 1 aromatic carbocycles. The first-order chi connectivity index (χ1) is 9.92. The summed E-state index contributed by atoms with van der Waals surface area (Å²) in [5.74, 6) is -0.490. The molecule has 0 saturated heterocycles. The molecule has 0 aliphatic heterocycles. The van der Waals surface area contributed by atoms with Crippen molar-refractivity contribution in [2.24, 2.45) is 7.05 Å². The zero-order valence-corrected chi connectivity index (χ0v) is 13.3. The van der Waals surface area contributed by atoms with Crippen molar-refractivity contribution in [2.75, 3.05) is 0 Å². The van der Waals surface area contributed by atoms with Crippen LogP contribution in [0.25, 0.3) is 11.3 Å². The van der Waals surface area contributed by atoms with Crippen molar-refractivity contribution in [3.8, 4) is 11.3 Å². The van der Waals surface area contributed by atoms with Gasteiger partial charge in [0.2, 0.25) is 5.69 Å². The first-order valence-corrected chi connectivity index (χ1v) is 7.49. The summed E-state index contributed by atoms with van der Waals surface area (Å²) in [6.07, 6.45) is 3.84. The van der Waals surface area contributed by atoms with E-state index in [1.165, 1.54) is 22.4 Å². The molecule has 0 atom stereocenters. The van der Waals surface area contributed by atoms with Crippen molar-refractivity contribution in [1.29, 1.82) is 0 Å². The lowest BCUT2D eigenvalue weighted by atomic mass is 9.90. The standard InChI is InChI=1S/C19H26N/c1-6-16(7-2)18-12-19(20(5)13-15(18)4)17-11-9-8-10-14(17)3/h8-13,16H,6-7H2,1-5H3/q+1/i16D. The van der Waals surface area contributed by atoms with Crippen LogP contribution in [-0.4, -0.2) is 0 Å². The van der Waals surface area contributed by atoms with E-state index >= 15 is 0 Å². The maximum Gasteiger partial charge on any atom is 0.212 e. The first-order valence-electron chi connectivity index (χ1n) is 7.99. The predicted octanol–water partition coefficient (Wildman–Crippen LogP) is 4.70. The molecule has 0 amide bonds. The Morgan fingerprint density at radius 1 is 1.10 bits per heavy atom. The fraction of sp³-hybridized carbons (Fsp3) is 0.421. The second kappa shape index (κ2) is 6.21. The normalized spacial score (nSPS) is 12.3. The van der Waals surface area contributed by atoms with Crippen LogP contribution in [0.1, 0.15) is 50.6 Å². The highest BCUT2D eigenvalue weighted by Crippen LogP contribution is 2.29. The molecule has 0 N–H and O–H groups in total. The summed E-state index contributed by atoms with van der Waals surface area (Å²) >= 11 is 0. The van der Waals surface area contributed by atoms with Crippen LogP contribution >= 0.6 is 0 Å². The van der Waals surface area contributed by atoms with Crippen LogP contribution in [0.5, 0.6) is 0 Å².